The minimum absolute atomic E-state index is 0.0759. The van der Waals surface area contributed by atoms with Gasteiger partial charge in [0.2, 0.25) is 0 Å². The van der Waals surface area contributed by atoms with Crippen molar-refractivity contribution < 1.29 is 14.3 Å². The summed E-state index contributed by atoms with van der Waals surface area (Å²) < 4.78 is 14.4. The number of carbonyl (C=O) groups is 1. The monoisotopic (exact) mass is 296 g/mol. The van der Waals surface area contributed by atoms with Crippen LogP contribution in [0.2, 0.25) is 0 Å². The van der Waals surface area contributed by atoms with Crippen molar-refractivity contribution >= 4 is 29.0 Å². The van der Waals surface area contributed by atoms with Crippen LogP contribution in [0.25, 0.3) is 0 Å². The molecule has 20 heavy (non-hydrogen) atoms. The number of hydrogen-bond acceptors (Lipinski definition) is 4. The fourth-order valence-corrected chi connectivity index (χ4v) is 3.83. The van der Waals surface area contributed by atoms with E-state index in [1.807, 2.05) is 16.7 Å². The van der Waals surface area contributed by atoms with Crippen LogP contribution in [-0.2, 0) is 4.79 Å². The first-order valence-electron chi connectivity index (χ1n) is 6.59. The largest absolute Gasteiger partial charge is 0.378 e. The maximum Gasteiger partial charge on any atom is 0.257 e. The van der Waals surface area contributed by atoms with Crippen molar-refractivity contribution in [2.75, 3.05) is 29.1 Å². The average Bonchev–Trinajstić information content (AvgIpc) is 2.63. The van der Waals surface area contributed by atoms with Crippen LogP contribution in [0.1, 0.15) is 25.5 Å². The van der Waals surface area contributed by atoms with Crippen molar-refractivity contribution in [2.45, 2.75) is 24.7 Å². The number of benzene rings is 1. The Hall–Kier alpha value is -1.27. The van der Waals surface area contributed by atoms with Gasteiger partial charge in [0, 0.05) is 34.8 Å². The zero-order valence-corrected chi connectivity index (χ0v) is 12.3. The van der Waals surface area contributed by atoms with Crippen molar-refractivity contribution in [1.29, 1.82) is 0 Å². The van der Waals surface area contributed by atoms with E-state index in [-0.39, 0.29) is 10.6 Å². The number of hydrogen-bond donors (Lipinski definition) is 2. The number of anilines is 2. The molecule has 1 amide bonds. The number of halogens is 1. The molecule has 3 rings (SSSR count). The Morgan fingerprint density at radius 1 is 1.50 bits per heavy atom. The molecule has 1 unspecified atom stereocenters. The first-order chi connectivity index (χ1) is 9.37. The molecular formula is C14H17FN2O2S. The van der Waals surface area contributed by atoms with Gasteiger partial charge in [-0.25, -0.2) is 4.39 Å². The van der Waals surface area contributed by atoms with Gasteiger partial charge >= 0.3 is 0 Å². The summed E-state index contributed by atoms with van der Waals surface area (Å²) in [4.78, 5) is 13.4. The van der Waals surface area contributed by atoms with E-state index in [1.54, 1.807) is 6.07 Å². The highest BCUT2D eigenvalue weighted by atomic mass is 32.2. The molecule has 0 aromatic heterocycles. The minimum atomic E-state index is -1.26. The maximum atomic E-state index is 14.3. The van der Waals surface area contributed by atoms with Gasteiger partial charge in [-0.1, -0.05) is 0 Å². The van der Waals surface area contributed by atoms with Crippen LogP contribution in [0, 0.1) is 5.82 Å². The number of amides is 1. The third kappa shape index (κ3) is 2.27. The predicted octanol–water partition coefficient (Wildman–Crippen LogP) is 2.14. The molecular weight excluding hydrogens is 279 g/mol. The number of carbonyl (C=O) groups excluding carboxylic acids is 1. The van der Waals surface area contributed by atoms with E-state index < -0.39 is 12.0 Å². The van der Waals surface area contributed by atoms with Crippen molar-refractivity contribution in [3.8, 4) is 0 Å². The van der Waals surface area contributed by atoms with Gasteiger partial charge in [0.05, 0.1) is 5.69 Å². The third-order valence-corrected chi connectivity index (χ3v) is 4.98. The molecule has 2 heterocycles. The minimum Gasteiger partial charge on any atom is -0.378 e. The molecule has 1 atom stereocenters. The van der Waals surface area contributed by atoms with Crippen LogP contribution in [-0.4, -0.2) is 34.6 Å². The number of nitrogens with one attached hydrogen (secondary N) is 1. The molecule has 6 heteroatoms. The molecule has 1 saturated heterocycles. The molecule has 1 fully saturated rings. The molecule has 2 aliphatic heterocycles. The second-order valence-corrected chi connectivity index (χ2v) is 7.61. The topological polar surface area (TPSA) is 52.6 Å². The molecule has 1 aromatic carbocycles. The lowest BCUT2D eigenvalue weighted by Gasteiger charge is -2.39. The van der Waals surface area contributed by atoms with Gasteiger partial charge in [0.15, 0.2) is 6.10 Å². The van der Waals surface area contributed by atoms with E-state index in [4.69, 9.17) is 0 Å². The molecule has 2 N–H and O–H groups in total. The second-order valence-electron chi connectivity index (χ2n) is 5.81. The number of rotatable bonds is 1. The fraction of sp³-hybridized carbons (Fsp3) is 0.500. The Morgan fingerprint density at radius 2 is 2.25 bits per heavy atom. The number of thioether (sulfide) groups is 1. The van der Waals surface area contributed by atoms with Crippen molar-refractivity contribution in [3.63, 3.8) is 0 Å². The summed E-state index contributed by atoms with van der Waals surface area (Å²) in [5, 5.41) is 12.3. The summed E-state index contributed by atoms with van der Waals surface area (Å²) >= 11 is 1.88. The van der Waals surface area contributed by atoms with Crippen LogP contribution in [0.4, 0.5) is 15.8 Å². The highest BCUT2D eigenvalue weighted by molar-refractivity contribution is 8.00. The quantitative estimate of drug-likeness (QED) is 0.834. The molecule has 0 aliphatic carbocycles. The Morgan fingerprint density at radius 3 is 2.95 bits per heavy atom. The number of nitrogens with zero attached hydrogens (tertiary/aromatic N) is 1. The van der Waals surface area contributed by atoms with Crippen LogP contribution in [0.3, 0.4) is 0 Å². The van der Waals surface area contributed by atoms with E-state index in [0.717, 1.165) is 18.8 Å². The lowest BCUT2D eigenvalue weighted by atomic mass is 10.1. The fourth-order valence-electron chi connectivity index (χ4n) is 2.72. The van der Waals surface area contributed by atoms with Gasteiger partial charge in [0.1, 0.15) is 5.82 Å². The van der Waals surface area contributed by atoms with Crippen LogP contribution in [0.5, 0.6) is 0 Å². The summed E-state index contributed by atoms with van der Waals surface area (Å²) in [5.41, 5.74) is 1.32. The molecule has 108 valence electrons. The Bertz CT molecular complexity index is 577. The van der Waals surface area contributed by atoms with Crippen LogP contribution >= 0.6 is 11.8 Å². The summed E-state index contributed by atoms with van der Waals surface area (Å²) in [6, 6.07) is 2.90. The third-order valence-electron chi connectivity index (χ3n) is 3.69. The Labute approximate surface area is 121 Å². The summed E-state index contributed by atoms with van der Waals surface area (Å²) in [6.45, 7) is 5.81. The van der Waals surface area contributed by atoms with E-state index in [2.05, 4.69) is 19.2 Å². The highest BCUT2D eigenvalue weighted by Crippen LogP contribution is 2.38. The molecule has 4 nitrogen and oxygen atoms in total. The van der Waals surface area contributed by atoms with Crippen LogP contribution in [0.15, 0.2) is 12.1 Å². The number of aliphatic hydroxyl groups excluding tert-OH is 1. The Balaban J connectivity index is 1.96. The van der Waals surface area contributed by atoms with Gasteiger partial charge in [-0.15, -0.1) is 0 Å². The normalized spacial score (nSPS) is 24.5. The van der Waals surface area contributed by atoms with Gasteiger partial charge in [-0.2, -0.15) is 11.8 Å². The van der Waals surface area contributed by atoms with E-state index in [0.29, 0.717) is 16.9 Å². The zero-order valence-electron chi connectivity index (χ0n) is 11.4. The molecule has 1 aromatic rings. The SMILES string of the molecule is CC1(C)CN(c2cc3c(cc2F)C(O)C(=O)N3)CCS1. The Kier molecular flexibility index (Phi) is 3.17. The van der Waals surface area contributed by atoms with Crippen molar-refractivity contribution in [3.05, 3.63) is 23.5 Å². The van der Waals surface area contributed by atoms with Gasteiger partial charge in [0.25, 0.3) is 5.91 Å². The molecule has 0 radical (unpaired) electrons. The first-order valence-corrected chi connectivity index (χ1v) is 7.57. The van der Waals surface area contributed by atoms with E-state index >= 15 is 0 Å². The number of aliphatic hydroxyl groups is 1. The maximum absolute atomic E-state index is 14.3. The van der Waals surface area contributed by atoms with E-state index in [9.17, 15) is 14.3 Å². The lowest BCUT2D eigenvalue weighted by Crippen LogP contribution is -2.43. The summed E-state index contributed by atoms with van der Waals surface area (Å²) in [7, 11) is 0. The van der Waals surface area contributed by atoms with Crippen LogP contribution < -0.4 is 10.2 Å². The second kappa shape index (κ2) is 4.63. The van der Waals surface area contributed by atoms with Gasteiger partial charge in [-0.3, -0.25) is 4.79 Å². The lowest BCUT2D eigenvalue weighted by molar-refractivity contribution is -0.123. The van der Waals surface area contributed by atoms with Gasteiger partial charge in [-0.05, 0) is 26.0 Å². The first kappa shape index (κ1) is 13.7. The highest BCUT2D eigenvalue weighted by Gasteiger charge is 2.33. The molecule has 0 spiro atoms. The average molecular weight is 296 g/mol. The molecule has 0 saturated carbocycles. The van der Waals surface area contributed by atoms with Crippen molar-refractivity contribution in [2.24, 2.45) is 0 Å². The summed E-state index contributed by atoms with van der Waals surface area (Å²) in [5.74, 6) is 0.0616. The molecule has 2 aliphatic rings. The smallest absolute Gasteiger partial charge is 0.257 e. The van der Waals surface area contributed by atoms with Gasteiger partial charge < -0.3 is 15.3 Å². The number of fused-ring (bicyclic) bond motifs is 1. The van der Waals surface area contributed by atoms with Crippen molar-refractivity contribution in [1.82, 2.24) is 0 Å². The summed E-state index contributed by atoms with van der Waals surface area (Å²) in [6.07, 6.45) is -1.26. The zero-order chi connectivity index (χ0) is 14.5. The predicted molar refractivity (Wildman–Crippen MR) is 78.7 cm³/mol. The standard InChI is InChI=1S/C14H17FN2O2S/c1-14(2)7-17(3-4-20-14)11-6-10-8(5-9(11)15)12(18)13(19)16-10/h5-6,12,18H,3-4,7H2,1-2H3,(H,16,19). The van der Waals surface area contributed by atoms with E-state index in [1.165, 1.54) is 6.07 Å². The molecule has 0 bridgehead atoms.